The van der Waals surface area contributed by atoms with E-state index in [1.54, 1.807) is 13.8 Å². The summed E-state index contributed by atoms with van der Waals surface area (Å²) in [7, 11) is 0. The van der Waals surface area contributed by atoms with E-state index in [1.165, 1.54) is 0 Å². The van der Waals surface area contributed by atoms with Crippen molar-refractivity contribution in [2.24, 2.45) is 5.41 Å². The van der Waals surface area contributed by atoms with Gasteiger partial charge < -0.3 is 5.11 Å². The first-order valence-corrected chi connectivity index (χ1v) is 6.03. The van der Waals surface area contributed by atoms with Gasteiger partial charge in [0.25, 0.3) is 0 Å². The van der Waals surface area contributed by atoms with Gasteiger partial charge in [-0.05, 0) is 19.3 Å². The molecule has 2 amide bonds. The number of imide groups is 1. The third-order valence-corrected chi connectivity index (χ3v) is 3.65. The number of hydrogen-bond acceptors (Lipinski definition) is 3. The zero-order valence-corrected chi connectivity index (χ0v) is 10.4. The van der Waals surface area contributed by atoms with E-state index in [2.05, 4.69) is 0 Å². The van der Waals surface area contributed by atoms with E-state index in [1.807, 2.05) is 0 Å². The Morgan fingerprint density at radius 1 is 1.24 bits per heavy atom. The first-order valence-electron chi connectivity index (χ1n) is 6.03. The van der Waals surface area contributed by atoms with E-state index < -0.39 is 11.4 Å². The minimum absolute atomic E-state index is 0.00694. The molecule has 1 saturated heterocycles. The van der Waals surface area contributed by atoms with Gasteiger partial charge in [-0.15, -0.1) is 0 Å². The smallest absolute Gasteiger partial charge is 0.311 e. The second kappa shape index (κ2) is 5.29. The molecule has 5 nitrogen and oxygen atoms in total. The highest BCUT2D eigenvalue weighted by Crippen LogP contribution is 2.29. The van der Waals surface area contributed by atoms with Gasteiger partial charge in [-0.2, -0.15) is 0 Å². The molecule has 96 valence electrons. The Morgan fingerprint density at radius 3 is 2.06 bits per heavy atom. The van der Waals surface area contributed by atoms with Gasteiger partial charge in [0.05, 0.1) is 5.41 Å². The summed E-state index contributed by atoms with van der Waals surface area (Å²) in [6.07, 6.45) is 2.09. The average Bonchev–Trinajstić information content (AvgIpc) is 2.29. The summed E-state index contributed by atoms with van der Waals surface area (Å²) in [6, 6.07) is 0. The highest BCUT2D eigenvalue weighted by atomic mass is 16.4. The number of rotatable bonds is 5. The van der Waals surface area contributed by atoms with Crippen LogP contribution in [0, 0.1) is 5.41 Å². The molecule has 1 aliphatic heterocycles. The molecule has 0 atom stereocenters. The number of likely N-dealkylation sites (tertiary alicyclic amines) is 1. The lowest BCUT2D eigenvalue weighted by Gasteiger charge is -2.34. The summed E-state index contributed by atoms with van der Waals surface area (Å²) in [5.41, 5.74) is -0.997. The normalized spacial score (nSPS) is 17.4. The third-order valence-electron chi connectivity index (χ3n) is 3.65. The molecular formula is C12H19NO4. The van der Waals surface area contributed by atoms with Crippen molar-refractivity contribution in [1.82, 2.24) is 4.90 Å². The van der Waals surface area contributed by atoms with Crippen molar-refractivity contribution in [3.63, 3.8) is 0 Å². The van der Waals surface area contributed by atoms with E-state index >= 15 is 0 Å². The molecule has 1 rings (SSSR count). The monoisotopic (exact) mass is 241 g/mol. The van der Waals surface area contributed by atoms with E-state index in [9.17, 15) is 19.5 Å². The van der Waals surface area contributed by atoms with Crippen LogP contribution in [0.2, 0.25) is 0 Å². The van der Waals surface area contributed by atoms with Crippen LogP contribution in [0.25, 0.3) is 0 Å². The molecule has 1 fully saturated rings. The molecule has 5 heteroatoms. The molecule has 1 heterocycles. The maximum atomic E-state index is 11.6. The van der Waals surface area contributed by atoms with E-state index in [0.29, 0.717) is 32.1 Å². The second-order valence-corrected chi connectivity index (χ2v) is 4.52. The maximum absolute atomic E-state index is 11.6. The van der Waals surface area contributed by atoms with Gasteiger partial charge in [0.15, 0.2) is 0 Å². The fourth-order valence-electron chi connectivity index (χ4n) is 2.12. The largest absolute Gasteiger partial charge is 0.481 e. The molecule has 0 saturated carbocycles. The molecule has 1 N–H and O–H groups in total. The molecule has 1 aliphatic rings. The molecule has 0 aromatic rings. The fraction of sp³-hybridized carbons (Fsp3) is 0.750. The third kappa shape index (κ3) is 2.65. The zero-order valence-electron chi connectivity index (χ0n) is 10.4. The fourth-order valence-corrected chi connectivity index (χ4v) is 2.12. The highest BCUT2D eigenvalue weighted by Gasteiger charge is 2.40. The van der Waals surface area contributed by atoms with Crippen LogP contribution in [0.1, 0.15) is 46.0 Å². The van der Waals surface area contributed by atoms with Crippen LogP contribution in [0.15, 0.2) is 0 Å². The minimum Gasteiger partial charge on any atom is -0.481 e. The van der Waals surface area contributed by atoms with Gasteiger partial charge in [-0.1, -0.05) is 13.8 Å². The quantitative estimate of drug-likeness (QED) is 0.738. The number of carbonyl (C=O) groups is 3. The predicted octanol–water partition coefficient (Wildman–Crippen LogP) is 1.42. The van der Waals surface area contributed by atoms with Crippen molar-refractivity contribution in [3.05, 3.63) is 0 Å². The number of amides is 2. The number of piperidine rings is 1. The van der Waals surface area contributed by atoms with Gasteiger partial charge in [0, 0.05) is 19.4 Å². The van der Waals surface area contributed by atoms with Crippen molar-refractivity contribution in [2.45, 2.75) is 46.0 Å². The molecule has 0 aliphatic carbocycles. The lowest BCUT2D eigenvalue weighted by atomic mass is 9.81. The summed E-state index contributed by atoms with van der Waals surface area (Å²) in [6.45, 7) is 3.56. The highest BCUT2D eigenvalue weighted by molar-refractivity contribution is 5.98. The molecule has 0 unspecified atom stereocenters. The number of aliphatic carboxylic acids is 1. The summed E-state index contributed by atoms with van der Waals surface area (Å²) < 4.78 is 0. The SMILES string of the molecule is CCC(CC)(CN1C(=O)CCCC1=O)C(=O)O. The zero-order chi connectivity index (χ0) is 13.1. The predicted molar refractivity (Wildman–Crippen MR) is 61.2 cm³/mol. The maximum Gasteiger partial charge on any atom is 0.311 e. The molecular weight excluding hydrogens is 222 g/mol. The molecule has 0 spiro atoms. The van der Waals surface area contributed by atoms with Crippen LogP contribution in [0.5, 0.6) is 0 Å². The number of carboxylic acids is 1. The van der Waals surface area contributed by atoms with Gasteiger partial charge in [-0.25, -0.2) is 0 Å². The van der Waals surface area contributed by atoms with Gasteiger partial charge in [-0.3, -0.25) is 19.3 Å². The number of hydrogen-bond donors (Lipinski definition) is 1. The van der Waals surface area contributed by atoms with Gasteiger partial charge >= 0.3 is 5.97 Å². The van der Waals surface area contributed by atoms with Crippen LogP contribution in [-0.2, 0) is 14.4 Å². The van der Waals surface area contributed by atoms with Gasteiger partial charge in [0.1, 0.15) is 0 Å². The van der Waals surface area contributed by atoms with Crippen molar-refractivity contribution < 1.29 is 19.5 Å². The van der Waals surface area contributed by atoms with E-state index in [0.717, 1.165) is 4.90 Å². The summed E-state index contributed by atoms with van der Waals surface area (Å²) in [5.74, 6) is -1.42. The second-order valence-electron chi connectivity index (χ2n) is 4.52. The summed E-state index contributed by atoms with van der Waals surface area (Å²) in [5, 5.41) is 9.28. The van der Waals surface area contributed by atoms with Crippen molar-refractivity contribution >= 4 is 17.8 Å². The Balaban J connectivity index is 2.89. The van der Waals surface area contributed by atoms with Crippen LogP contribution in [0.4, 0.5) is 0 Å². The number of carbonyl (C=O) groups excluding carboxylic acids is 2. The Bertz CT molecular complexity index is 317. The molecule has 0 bridgehead atoms. The number of carboxylic acid groups (broad SMARTS) is 1. The standard InChI is InChI=1S/C12H19NO4/c1-3-12(4-2,11(16)17)8-13-9(14)6-5-7-10(13)15/h3-8H2,1-2H3,(H,16,17). The van der Waals surface area contributed by atoms with E-state index in [-0.39, 0.29) is 18.4 Å². The van der Waals surface area contributed by atoms with Crippen LogP contribution >= 0.6 is 0 Å². The Kier molecular flexibility index (Phi) is 4.26. The lowest BCUT2D eigenvalue weighted by molar-refractivity contribution is -0.157. The summed E-state index contributed by atoms with van der Waals surface area (Å²) in [4.78, 5) is 35.7. The van der Waals surface area contributed by atoms with Crippen LogP contribution < -0.4 is 0 Å². The number of nitrogens with zero attached hydrogens (tertiary/aromatic N) is 1. The van der Waals surface area contributed by atoms with Crippen molar-refractivity contribution in [3.8, 4) is 0 Å². The molecule has 0 aromatic carbocycles. The Hall–Kier alpha value is -1.39. The minimum atomic E-state index is -0.997. The van der Waals surface area contributed by atoms with Crippen LogP contribution in [-0.4, -0.2) is 34.3 Å². The first kappa shape index (κ1) is 13.7. The molecule has 0 radical (unpaired) electrons. The van der Waals surface area contributed by atoms with Crippen molar-refractivity contribution in [1.29, 1.82) is 0 Å². The lowest BCUT2D eigenvalue weighted by Crippen LogP contribution is -2.49. The Morgan fingerprint density at radius 2 is 1.71 bits per heavy atom. The Labute approximate surface area is 101 Å². The van der Waals surface area contributed by atoms with Crippen molar-refractivity contribution in [2.75, 3.05) is 6.54 Å². The average molecular weight is 241 g/mol. The first-order chi connectivity index (χ1) is 7.96. The summed E-state index contributed by atoms with van der Waals surface area (Å²) >= 11 is 0. The van der Waals surface area contributed by atoms with Gasteiger partial charge in [0.2, 0.25) is 11.8 Å². The van der Waals surface area contributed by atoms with Crippen LogP contribution in [0.3, 0.4) is 0 Å². The molecule has 0 aromatic heterocycles. The topological polar surface area (TPSA) is 74.7 Å². The van der Waals surface area contributed by atoms with E-state index in [4.69, 9.17) is 0 Å². The molecule has 17 heavy (non-hydrogen) atoms.